The zero-order valence-corrected chi connectivity index (χ0v) is 19.7. The number of nitrogens with one attached hydrogen (secondary N) is 1. The molecule has 168 valence electrons. The highest BCUT2D eigenvalue weighted by Gasteiger charge is 2.20. The summed E-state index contributed by atoms with van der Waals surface area (Å²) in [6.07, 6.45) is 1.38. The summed E-state index contributed by atoms with van der Waals surface area (Å²) in [6, 6.07) is 15.5. The lowest BCUT2D eigenvalue weighted by molar-refractivity contribution is -0.384. The number of nitro benzene ring substituents is 1. The van der Waals surface area contributed by atoms with Crippen molar-refractivity contribution < 1.29 is 14.1 Å². The molecule has 0 saturated heterocycles. The number of carbonyl (C=O) groups is 1. The third-order valence-electron chi connectivity index (χ3n) is 5.05. The smallest absolute Gasteiger partial charge is 0.283 e. The van der Waals surface area contributed by atoms with Gasteiger partial charge in [-0.1, -0.05) is 44.5 Å². The molecule has 0 unspecified atom stereocenters. The number of hydrogen-bond acceptors (Lipinski definition) is 6. The van der Waals surface area contributed by atoms with Gasteiger partial charge in [-0.05, 0) is 41.3 Å². The van der Waals surface area contributed by atoms with Crippen molar-refractivity contribution in [2.45, 2.75) is 26.2 Å². The van der Waals surface area contributed by atoms with Crippen LogP contribution in [0.25, 0.3) is 21.4 Å². The Morgan fingerprint density at radius 1 is 1.15 bits per heavy atom. The minimum Gasteiger partial charge on any atom is -0.455 e. The van der Waals surface area contributed by atoms with Crippen molar-refractivity contribution in [2.75, 3.05) is 0 Å². The number of rotatable bonds is 5. The summed E-state index contributed by atoms with van der Waals surface area (Å²) in [4.78, 5) is 23.3. The number of nitro groups is 1. The second-order valence-corrected chi connectivity index (χ2v) is 9.84. The van der Waals surface area contributed by atoms with Crippen LogP contribution in [0.15, 0.2) is 64.1 Å². The molecule has 4 rings (SSSR count). The first-order valence-corrected chi connectivity index (χ1v) is 11.2. The second-order valence-electron chi connectivity index (χ2n) is 8.41. The number of fused-ring (bicyclic) bond motifs is 1. The molecule has 9 heteroatoms. The number of hydrazone groups is 1. The topological polar surface area (TPSA) is 97.7 Å². The van der Waals surface area contributed by atoms with E-state index in [1.165, 1.54) is 35.2 Å². The van der Waals surface area contributed by atoms with E-state index in [-0.39, 0.29) is 11.1 Å². The standard InChI is InChI=1S/C24H20ClN3O4S/c1-24(2,3)15-6-10-18-20(12-15)33-22(21(18)25)23(29)27-26-13-17-9-11-19(32-17)14-4-7-16(8-5-14)28(30)31/h4-13H,1-3H3,(H,27,29)/b26-13+. The Hall–Kier alpha value is -3.49. The average molecular weight is 482 g/mol. The van der Waals surface area contributed by atoms with E-state index in [1.807, 2.05) is 12.1 Å². The summed E-state index contributed by atoms with van der Waals surface area (Å²) in [5, 5.41) is 16.0. The van der Waals surface area contributed by atoms with Gasteiger partial charge in [-0.3, -0.25) is 14.9 Å². The monoisotopic (exact) mass is 481 g/mol. The van der Waals surface area contributed by atoms with Gasteiger partial charge < -0.3 is 4.42 Å². The molecule has 0 aliphatic heterocycles. The average Bonchev–Trinajstić information content (AvgIpc) is 3.37. The SMILES string of the molecule is CC(C)(C)c1ccc2c(Cl)c(C(=O)N/N=C/c3ccc(-c4ccc([N+](=O)[O-])cc4)o3)sc2c1. The van der Waals surface area contributed by atoms with E-state index >= 15 is 0 Å². The molecule has 2 aromatic heterocycles. The van der Waals surface area contributed by atoms with Crippen molar-refractivity contribution in [3.8, 4) is 11.3 Å². The van der Waals surface area contributed by atoms with E-state index in [9.17, 15) is 14.9 Å². The van der Waals surface area contributed by atoms with Crippen LogP contribution < -0.4 is 5.43 Å². The van der Waals surface area contributed by atoms with Crippen molar-refractivity contribution >= 4 is 50.8 Å². The summed E-state index contributed by atoms with van der Waals surface area (Å²) < 4.78 is 6.63. The highest BCUT2D eigenvalue weighted by atomic mass is 35.5. The number of benzene rings is 2. The largest absolute Gasteiger partial charge is 0.455 e. The fraction of sp³-hybridized carbons (Fsp3) is 0.167. The maximum atomic E-state index is 12.6. The highest BCUT2D eigenvalue weighted by molar-refractivity contribution is 7.21. The lowest BCUT2D eigenvalue weighted by atomic mass is 9.87. The molecular weight excluding hydrogens is 462 g/mol. The Balaban J connectivity index is 1.47. The van der Waals surface area contributed by atoms with Gasteiger partial charge in [0.1, 0.15) is 16.4 Å². The number of amides is 1. The molecule has 1 amide bonds. The molecule has 0 aliphatic rings. The Morgan fingerprint density at radius 3 is 2.55 bits per heavy atom. The molecule has 4 aromatic rings. The van der Waals surface area contributed by atoms with Crippen LogP contribution in [0.1, 0.15) is 41.8 Å². The number of nitrogens with zero attached hydrogens (tertiary/aromatic N) is 2. The van der Waals surface area contributed by atoms with E-state index in [2.05, 4.69) is 37.4 Å². The molecule has 2 aromatic carbocycles. The molecule has 33 heavy (non-hydrogen) atoms. The van der Waals surface area contributed by atoms with E-state index in [4.69, 9.17) is 16.0 Å². The lowest BCUT2D eigenvalue weighted by Crippen LogP contribution is -2.16. The van der Waals surface area contributed by atoms with Crippen LogP contribution in [0, 0.1) is 10.1 Å². The summed E-state index contributed by atoms with van der Waals surface area (Å²) in [7, 11) is 0. The molecule has 0 aliphatic carbocycles. The van der Waals surface area contributed by atoms with E-state index in [1.54, 1.807) is 24.3 Å². The molecule has 1 N–H and O–H groups in total. The Morgan fingerprint density at radius 2 is 1.88 bits per heavy atom. The first-order valence-electron chi connectivity index (χ1n) is 10.0. The zero-order valence-electron chi connectivity index (χ0n) is 18.1. The van der Waals surface area contributed by atoms with Gasteiger partial charge in [0.2, 0.25) is 0 Å². The lowest BCUT2D eigenvalue weighted by Gasteiger charge is -2.18. The summed E-state index contributed by atoms with van der Waals surface area (Å²) in [6.45, 7) is 6.40. The van der Waals surface area contributed by atoms with Gasteiger partial charge in [0.25, 0.3) is 11.6 Å². The van der Waals surface area contributed by atoms with Crippen LogP contribution >= 0.6 is 22.9 Å². The summed E-state index contributed by atoms with van der Waals surface area (Å²) in [5.41, 5.74) is 4.34. The van der Waals surface area contributed by atoms with Crippen LogP contribution in [-0.2, 0) is 5.41 Å². The Bertz CT molecular complexity index is 1380. The maximum absolute atomic E-state index is 12.6. The first kappa shape index (κ1) is 22.7. The minimum absolute atomic E-state index is 0.00401. The molecule has 0 radical (unpaired) electrons. The third kappa shape index (κ3) is 4.81. The molecule has 7 nitrogen and oxygen atoms in total. The number of furan rings is 1. The quantitative estimate of drug-likeness (QED) is 0.193. The predicted octanol–water partition coefficient (Wildman–Crippen LogP) is 6.78. The van der Waals surface area contributed by atoms with Gasteiger partial charge in [0, 0.05) is 27.8 Å². The number of non-ortho nitro benzene ring substituents is 1. The van der Waals surface area contributed by atoms with Gasteiger partial charge in [0.15, 0.2) is 0 Å². The molecule has 0 fully saturated rings. The minimum atomic E-state index is -0.459. The molecule has 0 atom stereocenters. The Labute approximate surface area is 198 Å². The van der Waals surface area contributed by atoms with Crippen LogP contribution in [0.4, 0.5) is 5.69 Å². The van der Waals surface area contributed by atoms with Crippen LogP contribution in [0.5, 0.6) is 0 Å². The molecule has 0 saturated carbocycles. The van der Waals surface area contributed by atoms with E-state index < -0.39 is 10.8 Å². The van der Waals surface area contributed by atoms with Crippen molar-refractivity contribution in [1.82, 2.24) is 5.43 Å². The maximum Gasteiger partial charge on any atom is 0.283 e. The number of thiophene rings is 1. The molecule has 0 bridgehead atoms. The van der Waals surface area contributed by atoms with Crippen LogP contribution in [0.2, 0.25) is 5.02 Å². The van der Waals surface area contributed by atoms with Crippen LogP contribution in [0.3, 0.4) is 0 Å². The fourth-order valence-corrected chi connectivity index (χ4v) is 4.65. The number of halogens is 1. The summed E-state index contributed by atoms with van der Waals surface area (Å²) >= 11 is 7.78. The normalized spacial score (nSPS) is 11.9. The zero-order chi connectivity index (χ0) is 23.8. The van der Waals surface area contributed by atoms with Gasteiger partial charge in [-0.25, -0.2) is 5.43 Å². The van der Waals surface area contributed by atoms with Gasteiger partial charge >= 0.3 is 0 Å². The molecular formula is C24H20ClN3O4S. The Kier molecular flexibility index (Phi) is 6.05. The van der Waals surface area contributed by atoms with E-state index in [0.29, 0.717) is 27.0 Å². The van der Waals surface area contributed by atoms with Gasteiger partial charge in [-0.2, -0.15) is 5.10 Å². The number of carbonyl (C=O) groups excluding carboxylic acids is 1. The second kappa shape index (κ2) is 8.80. The van der Waals surface area contributed by atoms with Crippen LogP contribution in [-0.4, -0.2) is 17.0 Å². The predicted molar refractivity (Wildman–Crippen MR) is 131 cm³/mol. The van der Waals surface area contributed by atoms with Gasteiger partial charge in [-0.15, -0.1) is 11.3 Å². The van der Waals surface area contributed by atoms with Crippen molar-refractivity contribution in [1.29, 1.82) is 0 Å². The number of hydrogen-bond donors (Lipinski definition) is 1. The fourth-order valence-electron chi connectivity index (χ4n) is 3.21. The van der Waals surface area contributed by atoms with Crippen molar-refractivity contribution in [3.63, 3.8) is 0 Å². The van der Waals surface area contributed by atoms with Crippen molar-refractivity contribution in [3.05, 3.63) is 85.9 Å². The summed E-state index contributed by atoms with van der Waals surface area (Å²) in [5.74, 6) is 0.540. The van der Waals surface area contributed by atoms with Crippen molar-refractivity contribution in [2.24, 2.45) is 5.10 Å². The third-order valence-corrected chi connectivity index (χ3v) is 6.70. The molecule has 0 spiro atoms. The van der Waals surface area contributed by atoms with Gasteiger partial charge in [0.05, 0.1) is 16.2 Å². The first-order chi connectivity index (χ1) is 15.6. The van der Waals surface area contributed by atoms with E-state index in [0.717, 1.165) is 10.1 Å². The molecule has 2 heterocycles. The highest BCUT2D eigenvalue weighted by Crippen LogP contribution is 2.37.